The summed E-state index contributed by atoms with van der Waals surface area (Å²) in [5, 5.41) is 0. The smallest absolute Gasteiger partial charge is 0.170 e. The van der Waals surface area contributed by atoms with Gasteiger partial charge in [0.05, 0.1) is 6.61 Å². The fraction of sp³-hybridized carbons (Fsp3) is 1.00. The standard InChI is InChI=1S/C11H22O2/c1-5-8-12-11(4)10(2,3)7-6-9-13-11/h5-9H2,1-4H3. The van der Waals surface area contributed by atoms with E-state index in [1.807, 2.05) is 0 Å². The zero-order valence-corrected chi connectivity index (χ0v) is 9.35. The molecule has 0 aromatic carbocycles. The highest BCUT2D eigenvalue weighted by atomic mass is 16.7. The van der Waals surface area contributed by atoms with Gasteiger partial charge in [0.25, 0.3) is 0 Å². The summed E-state index contributed by atoms with van der Waals surface area (Å²) in [6.45, 7) is 10.3. The Morgan fingerprint density at radius 1 is 1.31 bits per heavy atom. The maximum absolute atomic E-state index is 5.81. The summed E-state index contributed by atoms with van der Waals surface area (Å²) < 4.78 is 11.6. The van der Waals surface area contributed by atoms with Crippen molar-refractivity contribution in [2.24, 2.45) is 5.41 Å². The lowest BCUT2D eigenvalue weighted by Crippen LogP contribution is -2.50. The van der Waals surface area contributed by atoms with Crippen molar-refractivity contribution in [3.8, 4) is 0 Å². The first-order valence-corrected chi connectivity index (χ1v) is 5.30. The quantitative estimate of drug-likeness (QED) is 0.674. The minimum Gasteiger partial charge on any atom is -0.350 e. The molecule has 2 nitrogen and oxygen atoms in total. The van der Waals surface area contributed by atoms with Gasteiger partial charge in [-0.1, -0.05) is 20.8 Å². The van der Waals surface area contributed by atoms with Crippen molar-refractivity contribution in [3.63, 3.8) is 0 Å². The predicted octanol–water partition coefficient (Wildman–Crippen LogP) is 2.97. The van der Waals surface area contributed by atoms with Crippen LogP contribution < -0.4 is 0 Å². The van der Waals surface area contributed by atoms with Crippen LogP contribution >= 0.6 is 0 Å². The largest absolute Gasteiger partial charge is 0.350 e. The van der Waals surface area contributed by atoms with Crippen molar-refractivity contribution < 1.29 is 9.47 Å². The highest BCUT2D eigenvalue weighted by molar-refractivity contribution is 4.86. The van der Waals surface area contributed by atoms with Crippen molar-refractivity contribution in [3.05, 3.63) is 0 Å². The zero-order chi connectivity index (χ0) is 9.95. The third-order valence-corrected chi connectivity index (χ3v) is 3.13. The molecule has 0 amide bonds. The minimum atomic E-state index is -0.374. The average molecular weight is 186 g/mol. The molecule has 0 aliphatic carbocycles. The van der Waals surface area contributed by atoms with Crippen LogP contribution in [0.1, 0.15) is 47.0 Å². The van der Waals surface area contributed by atoms with E-state index in [2.05, 4.69) is 27.7 Å². The molecule has 1 aliphatic heterocycles. The number of hydrogen-bond acceptors (Lipinski definition) is 2. The Kier molecular flexibility index (Phi) is 3.36. The first-order chi connectivity index (χ1) is 6.02. The SMILES string of the molecule is CCCOC1(C)OCCCC1(C)C. The zero-order valence-electron chi connectivity index (χ0n) is 9.35. The normalized spacial score (nSPS) is 33.2. The Hall–Kier alpha value is -0.0800. The molecular formula is C11H22O2. The summed E-state index contributed by atoms with van der Waals surface area (Å²) in [6, 6.07) is 0. The van der Waals surface area contributed by atoms with E-state index in [1.54, 1.807) is 0 Å². The van der Waals surface area contributed by atoms with E-state index in [1.165, 1.54) is 6.42 Å². The Morgan fingerprint density at radius 2 is 2.00 bits per heavy atom. The van der Waals surface area contributed by atoms with E-state index >= 15 is 0 Å². The Bertz CT molecular complexity index is 165. The van der Waals surface area contributed by atoms with Crippen LogP contribution in [-0.2, 0) is 9.47 Å². The molecule has 1 atom stereocenters. The van der Waals surface area contributed by atoms with Crippen LogP contribution in [0.4, 0.5) is 0 Å². The molecule has 1 aliphatic rings. The van der Waals surface area contributed by atoms with Crippen LogP contribution in [-0.4, -0.2) is 19.0 Å². The summed E-state index contributed by atoms with van der Waals surface area (Å²) in [5.41, 5.74) is 0.139. The maximum Gasteiger partial charge on any atom is 0.170 e. The summed E-state index contributed by atoms with van der Waals surface area (Å²) in [4.78, 5) is 0. The van der Waals surface area contributed by atoms with Crippen molar-refractivity contribution in [1.82, 2.24) is 0 Å². The van der Waals surface area contributed by atoms with Crippen LogP contribution in [0, 0.1) is 5.41 Å². The first kappa shape index (κ1) is 11.0. The number of hydrogen-bond donors (Lipinski definition) is 0. The molecule has 1 rings (SSSR count). The van der Waals surface area contributed by atoms with Gasteiger partial charge in [-0.15, -0.1) is 0 Å². The molecule has 0 radical (unpaired) electrons. The molecule has 13 heavy (non-hydrogen) atoms. The molecule has 1 fully saturated rings. The van der Waals surface area contributed by atoms with E-state index in [-0.39, 0.29) is 11.2 Å². The monoisotopic (exact) mass is 186 g/mol. The molecule has 0 N–H and O–H groups in total. The Morgan fingerprint density at radius 3 is 2.54 bits per heavy atom. The molecule has 0 aromatic rings. The number of ether oxygens (including phenoxy) is 2. The highest BCUT2D eigenvalue weighted by Gasteiger charge is 2.45. The lowest BCUT2D eigenvalue weighted by molar-refractivity contribution is -0.300. The van der Waals surface area contributed by atoms with Gasteiger partial charge in [0.15, 0.2) is 5.79 Å². The van der Waals surface area contributed by atoms with Crippen molar-refractivity contribution >= 4 is 0 Å². The average Bonchev–Trinajstić information content (AvgIpc) is 2.07. The van der Waals surface area contributed by atoms with Crippen LogP contribution in [0.3, 0.4) is 0 Å². The number of rotatable bonds is 3. The van der Waals surface area contributed by atoms with Gasteiger partial charge in [-0.05, 0) is 26.2 Å². The fourth-order valence-corrected chi connectivity index (χ4v) is 1.74. The van der Waals surface area contributed by atoms with Crippen molar-refractivity contribution in [2.45, 2.75) is 52.7 Å². The first-order valence-electron chi connectivity index (χ1n) is 5.30. The van der Waals surface area contributed by atoms with Gasteiger partial charge in [0.2, 0.25) is 0 Å². The summed E-state index contributed by atoms with van der Waals surface area (Å²) in [5.74, 6) is -0.374. The van der Waals surface area contributed by atoms with Gasteiger partial charge >= 0.3 is 0 Å². The molecule has 1 heterocycles. The topological polar surface area (TPSA) is 18.5 Å². The van der Waals surface area contributed by atoms with E-state index in [0.717, 1.165) is 26.1 Å². The van der Waals surface area contributed by atoms with Gasteiger partial charge in [-0.25, -0.2) is 0 Å². The van der Waals surface area contributed by atoms with E-state index in [9.17, 15) is 0 Å². The predicted molar refractivity (Wildman–Crippen MR) is 53.6 cm³/mol. The van der Waals surface area contributed by atoms with Crippen LogP contribution in [0.5, 0.6) is 0 Å². The fourth-order valence-electron chi connectivity index (χ4n) is 1.74. The molecule has 1 saturated heterocycles. The summed E-state index contributed by atoms with van der Waals surface area (Å²) in [6.07, 6.45) is 3.39. The van der Waals surface area contributed by atoms with Crippen molar-refractivity contribution in [2.75, 3.05) is 13.2 Å². The third-order valence-electron chi connectivity index (χ3n) is 3.13. The third kappa shape index (κ3) is 2.23. The molecule has 0 saturated carbocycles. The van der Waals surface area contributed by atoms with Gasteiger partial charge in [0, 0.05) is 12.0 Å². The Balaban J connectivity index is 2.60. The van der Waals surface area contributed by atoms with Gasteiger partial charge in [0.1, 0.15) is 0 Å². The molecule has 1 unspecified atom stereocenters. The second-order valence-corrected chi connectivity index (χ2v) is 4.63. The van der Waals surface area contributed by atoms with Crippen LogP contribution in [0.25, 0.3) is 0 Å². The molecule has 0 aromatic heterocycles. The lowest BCUT2D eigenvalue weighted by Gasteiger charge is -2.46. The van der Waals surface area contributed by atoms with E-state index < -0.39 is 0 Å². The van der Waals surface area contributed by atoms with Crippen molar-refractivity contribution in [1.29, 1.82) is 0 Å². The highest BCUT2D eigenvalue weighted by Crippen LogP contribution is 2.42. The minimum absolute atomic E-state index is 0.139. The lowest BCUT2D eigenvalue weighted by atomic mass is 9.78. The molecular weight excluding hydrogens is 164 g/mol. The second-order valence-electron chi connectivity index (χ2n) is 4.63. The maximum atomic E-state index is 5.81. The summed E-state index contributed by atoms with van der Waals surface area (Å²) in [7, 11) is 0. The molecule has 0 spiro atoms. The van der Waals surface area contributed by atoms with Gasteiger partial charge in [-0.3, -0.25) is 0 Å². The Labute approximate surface area is 81.6 Å². The van der Waals surface area contributed by atoms with E-state index in [4.69, 9.17) is 9.47 Å². The molecule has 0 bridgehead atoms. The second kappa shape index (κ2) is 3.97. The van der Waals surface area contributed by atoms with Crippen LogP contribution in [0.2, 0.25) is 0 Å². The van der Waals surface area contributed by atoms with E-state index in [0.29, 0.717) is 0 Å². The van der Waals surface area contributed by atoms with Gasteiger partial charge in [-0.2, -0.15) is 0 Å². The summed E-state index contributed by atoms with van der Waals surface area (Å²) >= 11 is 0. The van der Waals surface area contributed by atoms with Crippen LogP contribution in [0.15, 0.2) is 0 Å². The molecule has 78 valence electrons. The molecule has 2 heteroatoms. The van der Waals surface area contributed by atoms with Gasteiger partial charge < -0.3 is 9.47 Å².